The standard InChI is InChI=1S/C13H10FNO2S/c14-8-3-1-2-7(6-8)12-15-11-9(13(16)17)4-5-10(11)18-12/h1-3,6,9H,4-5H2,(H,16,17). The molecule has 3 rings (SSSR count). The van der Waals surface area contributed by atoms with Gasteiger partial charge >= 0.3 is 5.97 Å². The molecule has 0 aliphatic heterocycles. The van der Waals surface area contributed by atoms with Gasteiger partial charge in [-0.15, -0.1) is 11.3 Å². The van der Waals surface area contributed by atoms with Crippen LogP contribution in [0.3, 0.4) is 0 Å². The molecule has 0 amide bonds. The first kappa shape index (κ1) is 11.3. The first-order valence-corrected chi connectivity index (χ1v) is 6.45. The van der Waals surface area contributed by atoms with Crippen LogP contribution < -0.4 is 0 Å². The van der Waals surface area contributed by atoms with Crippen LogP contribution in [0.15, 0.2) is 24.3 Å². The summed E-state index contributed by atoms with van der Waals surface area (Å²) in [6.07, 6.45) is 1.37. The van der Waals surface area contributed by atoms with E-state index in [0.29, 0.717) is 22.7 Å². The molecular formula is C13H10FNO2S. The molecule has 0 bridgehead atoms. The predicted octanol–water partition coefficient (Wildman–Crippen LogP) is 3.06. The zero-order valence-electron chi connectivity index (χ0n) is 9.39. The number of fused-ring (bicyclic) bond motifs is 1. The third-order valence-electron chi connectivity index (χ3n) is 3.09. The number of hydrogen-bond acceptors (Lipinski definition) is 3. The monoisotopic (exact) mass is 263 g/mol. The number of thiazole rings is 1. The number of hydrogen-bond donors (Lipinski definition) is 1. The normalized spacial score (nSPS) is 17.7. The maximum atomic E-state index is 13.1. The van der Waals surface area contributed by atoms with E-state index < -0.39 is 11.9 Å². The van der Waals surface area contributed by atoms with Crippen LogP contribution in [0.5, 0.6) is 0 Å². The highest BCUT2D eigenvalue weighted by molar-refractivity contribution is 7.15. The summed E-state index contributed by atoms with van der Waals surface area (Å²) in [7, 11) is 0. The first-order valence-electron chi connectivity index (χ1n) is 5.63. The van der Waals surface area contributed by atoms with E-state index in [1.807, 2.05) is 0 Å². The van der Waals surface area contributed by atoms with Gasteiger partial charge in [0.25, 0.3) is 0 Å². The molecule has 2 aromatic rings. The molecule has 0 saturated carbocycles. The maximum Gasteiger partial charge on any atom is 0.312 e. The molecule has 1 N–H and O–H groups in total. The van der Waals surface area contributed by atoms with Crippen molar-refractivity contribution >= 4 is 17.3 Å². The van der Waals surface area contributed by atoms with Gasteiger partial charge in [0.2, 0.25) is 0 Å². The number of carbonyl (C=O) groups is 1. The van der Waals surface area contributed by atoms with E-state index in [2.05, 4.69) is 4.98 Å². The minimum atomic E-state index is -0.829. The Morgan fingerprint density at radius 1 is 1.50 bits per heavy atom. The largest absolute Gasteiger partial charge is 0.481 e. The molecule has 1 aromatic heterocycles. The average Bonchev–Trinajstić information content (AvgIpc) is 2.87. The number of benzene rings is 1. The average molecular weight is 263 g/mol. The second-order valence-electron chi connectivity index (χ2n) is 4.27. The fraction of sp³-hybridized carbons (Fsp3) is 0.231. The van der Waals surface area contributed by atoms with E-state index in [-0.39, 0.29) is 5.82 Å². The Bertz CT molecular complexity index is 623. The van der Waals surface area contributed by atoms with E-state index in [1.165, 1.54) is 23.5 Å². The molecule has 3 nitrogen and oxygen atoms in total. The number of aliphatic carboxylic acids is 1. The van der Waals surface area contributed by atoms with Gasteiger partial charge < -0.3 is 5.11 Å². The topological polar surface area (TPSA) is 50.2 Å². The van der Waals surface area contributed by atoms with Crippen LogP contribution in [-0.2, 0) is 11.2 Å². The fourth-order valence-electron chi connectivity index (χ4n) is 2.21. The lowest BCUT2D eigenvalue weighted by atomic mass is 10.1. The Morgan fingerprint density at radius 2 is 2.33 bits per heavy atom. The van der Waals surface area contributed by atoms with Gasteiger partial charge in [-0.1, -0.05) is 12.1 Å². The Hall–Kier alpha value is -1.75. The molecule has 1 atom stereocenters. The van der Waals surface area contributed by atoms with E-state index in [1.54, 1.807) is 12.1 Å². The van der Waals surface area contributed by atoms with E-state index >= 15 is 0 Å². The molecule has 0 spiro atoms. The molecular weight excluding hydrogens is 253 g/mol. The quantitative estimate of drug-likeness (QED) is 0.906. The predicted molar refractivity (Wildman–Crippen MR) is 66.2 cm³/mol. The SMILES string of the molecule is O=C(O)C1CCc2sc(-c3cccc(F)c3)nc21. The molecule has 5 heteroatoms. The minimum Gasteiger partial charge on any atom is -0.481 e. The second-order valence-corrected chi connectivity index (χ2v) is 5.35. The summed E-state index contributed by atoms with van der Waals surface area (Å²) in [5, 5.41) is 9.79. The van der Waals surface area contributed by atoms with Crippen LogP contribution in [0.25, 0.3) is 10.6 Å². The van der Waals surface area contributed by atoms with Gasteiger partial charge in [-0.2, -0.15) is 0 Å². The van der Waals surface area contributed by atoms with Crippen molar-refractivity contribution in [2.75, 3.05) is 0 Å². The lowest BCUT2D eigenvalue weighted by Crippen LogP contribution is -2.08. The summed E-state index contributed by atoms with van der Waals surface area (Å²) in [5.41, 5.74) is 1.37. The molecule has 1 aliphatic carbocycles. The number of aryl methyl sites for hydroxylation is 1. The molecule has 1 unspecified atom stereocenters. The molecule has 1 aromatic carbocycles. The number of nitrogens with zero attached hydrogens (tertiary/aromatic N) is 1. The number of aromatic nitrogens is 1. The van der Waals surface area contributed by atoms with Crippen molar-refractivity contribution in [2.45, 2.75) is 18.8 Å². The Kier molecular flexibility index (Phi) is 2.63. The number of carboxylic acids is 1. The van der Waals surface area contributed by atoms with Crippen LogP contribution in [0, 0.1) is 5.82 Å². The zero-order valence-corrected chi connectivity index (χ0v) is 10.2. The van der Waals surface area contributed by atoms with Crippen LogP contribution in [0.1, 0.15) is 22.9 Å². The van der Waals surface area contributed by atoms with Gasteiger partial charge in [-0.3, -0.25) is 4.79 Å². The zero-order chi connectivity index (χ0) is 12.7. The maximum absolute atomic E-state index is 13.1. The number of halogens is 1. The highest BCUT2D eigenvalue weighted by atomic mass is 32.1. The van der Waals surface area contributed by atoms with Crippen molar-refractivity contribution < 1.29 is 14.3 Å². The lowest BCUT2D eigenvalue weighted by Gasteiger charge is -2.01. The molecule has 0 radical (unpaired) electrons. The van der Waals surface area contributed by atoms with Crippen molar-refractivity contribution in [3.8, 4) is 10.6 Å². The van der Waals surface area contributed by atoms with Crippen LogP contribution in [-0.4, -0.2) is 16.1 Å². The summed E-state index contributed by atoms with van der Waals surface area (Å²) in [6.45, 7) is 0. The van der Waals surface area contributed by atoms with Crippen molar-refractivity contribution in [1.82, 2.24) is 4.98 Å². The van der Waals surface area contributed by atoms with Gasteiger partial charge in [0.15, 0.2) is 0 Å². The Labute approximate surface area is 107 Å². The van der Waals surface area contributed by atoms with Gasteiger partial charge in [0.05, 0.1) is 5.69 Å². The third kappa shape index (κ3) is 1.80. The van der Waals surface area contributed by atoms with Crippen LogP contribution >= 0.6 is 11.3 Å². The number of carboxylic acid groups (broad SMARTS) is 1. The first-order chi connectivity index (χ1) is 8.65. The summed E-state index contributed by atoms with van der Waals surface area (Å²) >= 11 is 1.46. The van der Waals surface area contributed by atoms with Gasteiger partial charge in [-0.25, -0.2) is 9.37 Å². The van der Waals surface area contributed by atoms with Gasteiger partial charge in [0, 0.05) is 10.4 Å². The molecule has 0 fully saturated rings. The molecule has 92 valence electrons. The minimum absolute atomic E-state index is 0.308. The second kappa shape index (κ2) is 4.17. The summed E-state index contributed by atoms with van der Waals surface area (Å²) in [4.78, 5) is 16.5. The highest BCUT2D eigenvalue weighted by Gasteiger charge is 2.32. The van der Waals surface area contributed by atoms with Crippen LogP contribution in [0.2, 0.25) is 0 Å². The van der Waals surface area contributed by atoms with Crippen LogP contribution in [0.4, 0.5) is 4.39 Å². The van der Waals surface area contributed by atoms with E-state index in [9.17, 15) is 9.18 Å². The molecule has 0 saturated heterocycles. The van der Waals surface area contributed by atoms with E-state index in [4.69, 9.17) is 5.11 Å². The van der Waals surface area contributed by atoms with Crippen molar-refractivity contribution in [3.05, 3.63) is 40.7 Å². The van der Waals surface area contributed by atoms with Crippen molar-refractivity contribution in [3.63, 3.8) is 0 Å². The van der Waals surface area contributed by atoms with Gasteiger partial charge in [0.1, 0.15) is 16.7 Å². The van der Waals surface area contributed by atoms with Crippen molar-refractivity contribution in [2.24, 2.45) is 0 Å². The summed E-state index contributed by atoms with van der Waals surface area (Å²) in [5.74, 6) is -1.64. The van der Waals surface area contributed by atoms with Gasteiger partial charge in [-0.05, 0) is 25.0 Å². The highest BCUT2D eigenvalue weighted by Crippen LogP contribution is 2.39. The molecule has 1 aliphatic rings. The lowest BCUT2D eigenvalue weighted by molar-refractivity contribution is -0.138. The Balaban J connectivity index is 2.02. The number of rotatable bonds is 2. The van der Waals surface area contributed by atoms with E-state index in [0.717, 1.165) is 11.3 Å². The summed E-state index contributed by atoms with van der Waals surface area (Å²) < 4.78 is 13.1. The smallest absolute Gasteiger partial charge is 0.312 e. The van der Waals surface area contributed by atoms with Crippen molar-refractivity contribution in [1.29, 1.82) is 0 Å². The molecule has 18 heavy (non-hydrogen) atoms. The molecule has 1 heterocycles. The third-order valence-corrected chi connectivity index (χ3v) is 4.27. The Morgan fingerprint density at radius 3 is 3.06 bits per heavy atom. The summed E-state index contributed by atoms with van der Waals surface area (Å²) in [6, 6.07) is 6.22. The fourth-order valence-corrected chi connectivity index (χ4v) is 3.35.